The summed E-state index contributed by atoms with van der Waals surface area (Å²) in [5, 5.41) is 18.6. The first-order chi connectivity index (χ1) is 9.02. The van der Waals surface area contributed by atoms with Crippen LogP contribution < -0.4 is 5.32 Å². The molecule has 0 aromatic carbocycles. The molecule has 19 heavy (non-hydrogen) atoms. The van der Waals surface area contributed by atoms with Crippen LogP contribution in [0, 0.1) is 23.0 Å². The van der Waals surface area contributed by atoms with E-state index in [1.54, 1.807) is 11.6 Å². The van der Waals surface area contributed by atoms with Gasteiger partial charge in [-0.25, -0.2) is 4.68 Å². The minimum absolute atomic E-state index is 0.105. The number of aryl methyl sites for hydroxylation is 2. The Morgan fingerprint density at radius 1 is 1.58 bits per heavy atom. The molecule has 1 saturated heterocycles. The molecule has 1 fully saturated rings. The van der Waals surface area contributed by atoms with Gasteiger partial charge in [-0.1, -0.05) is 0 Å². The highest BCUT2D eigenvalue weighted by atomic mass is 16.6. The average molecular weight is 267 g/mol. The summed E-state index contributed by atoms with van der Waals surface area (Å²) in [6.07, 6.45) is 1.14. The average Bonchev–Trinajstić information content (AvgIpc) is 2.89. The molecule has 0 bridgehead atoms. The van der Waals surface area contributed by atoms with Crippen molar-refractivity contribution in [3.05, 3.63) is 15.8 Å². The Labute approximate surface area is 112 Å². The van der Waals surface area contributed by atoms with Crippen molar-refractivity contribution in [3.8, 4) is 0 Å². The molecule has 1 unspecified atom stereocenters. The molecule has 7 heteroatoms. The van der Waals surface area contributed by atoms with Crippen molar-refractivity contribution >= 4 is 11.5 Å². The Bertz CT molecular complexity index is 471. The Hall–Kier alpha value is -1.63. The molecule has 2 heterocycles. The van der Waals surface area contributed by atoms with Crippen LogP contribution in [0.4, 0.5) is 11.5 Å². The van der Waals surface area contributed by atoms with Gasteiger partial charge in [0.25, 0.3) is 0 Å². The molecule has 0 amide bonds. The quantitative estimate of drug-likeness (QED) is 0.646. The van der Waals surface area contributed by atoms with Crippen molar-refractivity contribution < 1.29 is 4.92 Å². The van der Waals surface area contributed by atoms with E-state index in [0.717, 1.165) is 26.1 Å². The SMILES string of the molecule is CCn1nc(C)c([N+](=O)[O-])c1NCC1CCN(C)C1. The number of nitrogens with one attached hydrogen (secondary N) is 1. The van der Waals surface area contributed by atoms with E-state index in [4.69, 9.17) is 0 Å². The second-order valence-electron chi connectivity index (χ2n) is 5.15. The first kappa shape index (κ1) is 13.8. The third-order valence-corrected chi connectivity index (χ3v) is 3.63. The van der Waals surface area contributed by atoms with E-state index < -0.39 is 0 Å². The molecule has 0 saturated carbocycles. The first-order valence-corrected chi connectivity index (χ1v) is 6.67. The summed E-state index contributed by atoms with van der Waals surface area (Å²) in [5.41, 5.74) is 0.575. The van der Waals surface area contributed by atoms with E-state index in [0.29, 0.717) is 24.0 Å². The van der Waals surface area contributed by atoms with Crippen molar-refractivity contribution in [2.45, 2.75) is 26.8 Å². The number of hydrogen-bond donors (Lipinski definition) is 1. The number of likely N-dealkylation sites (tertiary alicyclic amines) is 1. The molecule has 1 aromatic heterocycles. The summed E-state index contributed by atoms with van der Waals surface area (Å²) in [4.78, 5) is 13.1. The molecular formula is C12H21N5O2. The summed E-state index contributed by atoms with van der Waals surface area (Å²) in [5.74, 6) is 1.09. The largest absolute Gasteiger partial charge is 0.364 e. The highest BCUT2D eigenvalue weighted by Gasteiger charge is 2.26. The molecule has 1 aliphatic heterocycles. The maximum absolute atomic E-state index is 11.1. The normalized spacial score (nSPS) is 19.8. The van der Waals surface area contributed by atoms with E-state index in [-0.39, 0.29) is 10.6 Å². The molecule has 106 valence electrons. The van der Waals surface area contributed by atoms with Gasteiger partial charge in [0.05, 0.1) is 4.92 Å². The van der Waals surface area contributed by atoms with Gasteiger partial charge in [-0.05, 0) is 39.8 Å². The van der Waals surface area contributed by atoms with Gasteiger partial charge in [0.1, 0.15) is 5.69 Å². The molecule has 0 radical (unpaired) electrons. The lowest BCUT2D eigenvalue weighted by Crippen LogP contribution is -2.20. The van der Waals surface area contributed by atoms with Gasteiger partial charge in [0.2, 0.25) is 5.82 Å². The number of hydrogen-bond acceptors (Lipinski definition) is 5. The zero-order chi connectivity index (χ0) is 14.0. The van der Waals surface area contributed by atoms with Crippen LogP contribution >= 0.6 is 0 Å². The van der Waals surface area contributed by atoms with Gasteiger partial charge in [-0.15, -0.1) is 0 Å². The molecule has 7 nitrogen and oxygen atoms in total. The minimum Gasteiger partial charge on any atom is -0.364 e. The van der Waals surface area contributed by atoms with Crippen LogP contribution in [0.2, 0.25) is 0 Å². The maximum Gasteiger partial charge on any atom is 0.333 e. The highest BCUT2D eigenvalue weighted by Crippen LogP contribution is 2.28. The molecule has 1 atom stereocenters. The molecule has 1 aliphatic rings. The maximum atomic E-state index is 11.1. The lowest BCUT2D eigenvalue weighted by atomic mass is 10.1. The van der Waals surface area contributed by atoms with Gasteiger partial charge >= 0.3 is 5.69 Å². The molecule has 0 aliphatic carbocycles. The monoisotopic (exact) mass is 267 g/mol. The van der Waals surface area contributed by atoms with E-state index in [1.807, 2.05) is 6.92 Å². The van der Waals surface area contributed by atoms with Crippen LogP contribution in [-0.4, -0.2) is 46.3 Å². The Balaban J connectivity index is 2.12. The Kier molecular flexibility index (Phi) is 4.04. The van der Waals surface area contributed by atoms with Gasteiger partial charge in [0, 0.05) is 19.6 Å². The fourth-order valence-corrected chi connectivity index (χ4v) is 2.63. The second kappa shape index (κ2) is 5.56. The van der Waals surface area contributed by atoms with Crippen molar-refractivity contribution in [1.82, 2.24) is 14.7 Å². The third kappa shape index (κ3) is 2.86. The number of rotatable bonds is 5. The van der Waals surface area contributed by atoms with Crippen LogP contribution in [0.1, 0.15) is 19.0 Å². The van der Waals surface area contributed by atoms with Crippen LogP contribution in [-0.2, 0) is 6.54 Å². The zero-order valence-electron chi connectivity index (χ0n) is 11.7. The fraction of sp³-hybridized carbons (Fsp3) is 0.750. The van der Waals surface area contributed by atoms with Crippen LogP contribution in [0.3, 0.4) is 0 Å². The third-order valence-electron chi connectivity index (χ3n) is 3.63. The number of aromatic nitrogens is 2. The number of nitro groups is 1. The smallest absolute Gasteiger partial charge is 0.333 e. The number of nitrogens with zero attached hydrogens (tertiary/aromatic N) is 4. The predicted octanol–water partition coefficient (Wildman–Crippen LogP) is 1.48. The second-order valence-corrected chi connectivity index (χ2v) is 5.15. The standard InChI is InChI=1S/C12H21N5O2/c1-4-16-12(11(17(18)19)9(2)14-16)13-7-10-5-6-15(3)8-10/h10,13H,4-8H2,1-3H3. The molecule has 1 aromatic rings. The van der Waals surface area contributed by atoms with E-state index >= 15 is 0 Å². The van der Waals surface area contributed by atoms with Crippen molar-refractivity contribution in [2.24, 2.45) is 5.92 Å². The first-order valence-electron chi connectivity index (χ1n) is 6.67. The van der Waals surface area contributed by atoms with E-state index in [1.165, 1.54) is 0 Å². The van der Waals surface area contributed by atoms with Crippen molar-refractivity contribution in [1.29, 1.82) is 0 Å². The summed E-state index contributed by atoms with van der Waals surface area (Å²) in [6, 6.07) is 0. The highest BCUT2D eigenvalue weighted by molar-refractivity contribution is 5.59. The molecule has 1 N–H and O–H groups in total. The van der Waals surface area contributed by atoms with Crippen LogP contribution in [0.5, 0.6) is 0 Å². The van der Waals surface area contributed by atoms with Crippen LogP contribution in [0.15, 0.2) is 0 Å². The lowest BCUT2D eigenvalue weighted by Gasteiger charge is -2.13. The summed E-state index contributed by atoms with van der Waals surface area (Å²) >= 11 is 0. The molecule has 2 rings (SSSR count). The zero-order valence-corrected chi connectivity index (χ0v) is 11.7. The Morgan fingerprint density at radius 2 is 2.32 bits per heavy atom. The minimum atomic E-state index is -0.350. The van der Waals surface area contributed by atoms with E-state index in [9.17, 15) is 10.1 Å². The number of anilines is 1. The van der Waals surface area contributed by atoms with Crippen molar-refractivity contribution in [3.63, 3.8) is 0 Å². The molecular weight excluding hydrogens is 246 g/mol. The van der Waals surface area contributed by atoms with Gasteiger partial charge in [0.15, 0.2) is 0 Å². The molecule has 0 spiro atoms. The van der Waals surface area contributed by atoms with E-state index in [2.05, 4.69) is 22.4 Å². The summed E-state index contributed by atoms with van der Waals surface area (Å²) < 4.78 is 1.67. The topological polar surface area (TPSA) is 76.2 Å². The van der Waals surface area contributed by atoms with Gasteiger partial charge < -0.3 is 10.2 Å². The van der Waals surface area contributed by atoms with Gasteiger partial charge in [-0.3, -0.25) is 10.1 Å². The summed E-state index contributed by atoms with van der Waals surface area (Å²) in [7, 11) is 2.10. The predicted molar refractivity (Wildman–Crippen MR) is 73.4 cm³/mol. The Morgan fingerprint density at radius 3 is 2.84 bits per heavy atom. The van der Waals surface area contributed by atoms with Gasteiger partial charge in [-0.2, -0.15) is 5.10 Å². The van der Waals surface area contributed by atoms with Crippen molar-refractivity contribution in [2.75, 3.05) is 32.0 Å². The fourth-order valence-electron chi connectivity index (χ4n) is 2.63. The van der Waals surface area contributed by atoms with Crippen LogP contribution in [0.25, 0.3) is 0 Å². The summed E-state index contributed by atoms with van der Waals surface area (Å²) in [6.45, 7) is 7.14. The lowest BCUT2D eigenvalue weighted by molar-refractivity contribution is -0.384.